The highest BCUT2D eigenvalue weighted by Crippen LogP contribution is 2.25. The highest BCUT2D eigenvalue weighted by molar-refractivity contribution is 5.95. The number of amides is 4. The van der Waals surface area contributed by atoms with Crippen LogP contribution in [0.4, 0.5) is 0 Å². The number of carbonyl (C=O) groups is 4. The number of carbonyl (C=O) groups excluding carboxylic acids is 4. The normalized spacial score (nSPS) is 26.0. The van der Waals surface area contributed by atoms with Crippen LogP contribution in [-0.4, -0.2) is 93.1 Å². The van der Waals surface area contributed by atoms with E-state index < -0.39 is 54.1 Å². The van der Waals surface area contributed by atoms with Crippen molar-refractivity contribution in [1.29, 1.82) is 0 Å². The van der Waals surface area contributed by atoms with E-state index in [0.29, 0.717) is 38.8 Å². The van der Waals surface area contributed by atoms with Crippen LogP contribution in [0.3, 0.4) is 0 Å². The van der Waals surface area contributed by atoms with Crippen molar-refractivity contribution in [1.82, 2.24) is 15.1 Å². The third-order valence-electron chi connectivity index (χ3n) is 5.55. The number of nitrogens with one attached hydrogen (secondary N) is 1. The average molecular weight is 415 g/mol. The van der Waals surface area contributed by atoms with E-state index in [2.05, 4.69) is 5.32 Å². The maximum absolute atomic E-state index is 13.1. The van der Waals surface area contributed by atoms with Gasteiger partial charge in [0.05, 0.1) is 12.2 Å². The van der Waals surface area contributed by atoms with Gasteiger partial charge in [0.1, 0.15) is 24.2 Å². The number of hydrogen-bond acceptors (Lipinski definition) is 7. The molecule has 2 aliphatic heterocycles. The fourth-order valence-electron chi connectivity index (χ4n) is 3.86. The van der Waals surface area contributed by atoms with E-state index in [1.54, 1.807) is 0 Å². The number of nitrogens with two attached hydrogens (primary N) is 2. The molecule has 164 valence electrons. The van der Waals surface area contributed by atoms with Gasteiger partial charge in [0, 0.05) is 13.1 Å². The molecule has 0 saturated carbocycles. The van der Waals surface area contributed by atoms with Gasteiger partial charge in [0.25, 0.3) is 0 Å². The third kappa shape index (κ3) is 5.03. The molecule has 29 heavy (non-hydrogen) atoms. The van der Waals surface area contributed by atoms with E-state index in [4.69, 9.17) is 11.5 Å². The number of hydrogen-bond donors (Lipinski definition) is 5. The van der Waals surface area contributed by atoms with Gasteiger partial charge in [0.2, 0.25) is 23.6 Å². The first-order chi connectivity index (χ1) is 13.6. The Morgan fingerprint density at radius 3 is 2.10 bits per heavy atom. The lowest BCUT2D eigenvalue weighted by atomic mass is 10.1. The van der Waals surface area contributed by atoms with E-state index in [-0.39, 0.29) is 5.91 Å². The van der Waals surface area contributed by atoms with Crippen molar-refractivity contribution < 1.29 is 29.4 Å². The van der Waals surface area contributed by atoms with Crippen LogP contribution in [0.15, 0.2) is 0 Å². The fourth-order valence-corrected chi connectivity index (χ4v) is 3.86. The fraction of sp³-hybridized carbons (Fsp3) is 0.778. The summed E-state index contributed by atoms with van der Waals surface area (Å²) in [6.45, 7) is 3.44. The van der Waals surface area contributed by atoms with Crippen LogP contribution in [0.25, 0.3) is 0 Å². The monoisotopic (exact) mass is 415 g/mol. The Kier molecular flexibility index (Phi) is 7.55. The van der Waals surface area contributed by atoms with Crippen LogP contribution in [-0.2, 0) is 19.2 Å². The van der Waals surface area contributed by atoms with Gasteiger partial charge in [-0.1, -0.05) is 0 Å². The van der Waals surface area contributed by atoms with Crippen LogP contribution >= 0.6 is 0 Å². The van der Waals surface area contributed by atoms with Gasteiger partial charge >= 0.3 is 0 Å². The number of primary amides is 1. The van der Waals surface area contributed by atoms with Crippen molar-refractivity contribution >= 4 is 23.6 Å². The highest BCUT2D eigenvalue weighted by atomic mass is 18.1. The van der Waals surface area contributed by atoms with Crippen molar-refractivity contribution in [2.24, 2.45) is 11.5 Å². The topological polar surface area (TPSA) is 179 Å². The summed E-state index contributed by atoms with van der Waals surface area (Å²) in [6.07, 6.45) is -0.170. The van der Waals surface area contributed by atoms with Crippen LogP contribution in [0.1, 0.15) is 39.5 Å². The largest absolute Gasteiger partial charge is 0.391 e. The molecule has 0 unspecified atom stereocenters. The molecule has 0 aliphatic carbocycles. The van der Waals surface area contributed by atoms with Crippen molar-refractivity contribution in [2.75, 3.05) is 13.1 Å². The van der Waals surface area contributed by atoms with Gasteiger partial charge in [-0.3, -0.25) is 19.2 Å². The zero-order chi connectivity index (χ0) is 21.9. The van der Waals surface area contributed by atoms with E-state index in [0.717, 1.165) is 0 Å². The number of nitrogens with zero attached hydrogens (tertiary/aromatic N) is 2. The summed E-state index contributed by atoms with van der Waals surface area (Å²) in [5, 5.41) is 21.6. The lowest BCUT2D eigenvalue weighted by Gasteiger charge is -2.33. The minimum atomic E-state index is -1.26. The van der Waals surface area contributed by atoms with E-state index in [1.807, 2.05) is 0 Å². The Balaban J connectivity index is 2.11. The van der Waals surface area contributed by atoms with Gasteiger partial charge < -0.3 is 36.8 Å². The molecule has 0 bridgehead atoms. The predicted octanol–water partition coefficient (Wildman–Crippen LogP) is -2.97. The second-order valence-electron chi connectivity index (χ2n) is 7.77. The van der Waals surface area contributed by atoms with Crippen LogP contribution in [0, 0.1) is 0 Å². The number of aliphatic hydroxyl groups is 2. The summed E-state index contributed by atoms with van der Waals surface area (Å²) in [4.78, 5) is 52.5. The molecule has 0 aromatic heterocycles. The van der Waals surface area contributed by atoms with Gasteiger partial charge in [0.15, 0.2) is 0 Å². The molecule has 11 nitrogen and oxygen atoms in total. The molecule has 0 aromatic rings. The minimum Gasteiger partial charge on any atom is -0.391 e. The Labute approximate surface area is 169 Å². The highest BCUT2D eigenvalue weighted by Gasteiger charge is 2.43. The summed E-state index contributed by atoms with van der Waals surface area (Å²) in [7, 11) is 0. The summed E-state index contributed by atoms with van der Waals surface area (Å²) < 4.78 is 0. The lowest BCUT2D eigenvalue weighted by molar-refractivity contribution is -0.148. The number of rotatable bonds is 7. The SMILES string of the molecule is C[C@@H](O)[C@H](N)C(=O)N1CCC[C@H]1C(=O)N1CCC[C@H]1C(=O)N[C@H](C(N)=[18O])[C@@H](C)O. The standard InChI is InChI=1S/C18H31N5O6/c1-9(24)13(19)18(29)23-8-4-6-12(23)17(28)22-7-3-5-11(22)16(27)21-14(10(2)25)15(20)26/h9-14,24-25H,3-8,19H2,1-2H3,(H2,20,26)(H,21,27)/t9-,10-,11+,12+,13+,14+/m1/s1/i26+2. The zero-order valence-corrected chi connectivity index (χ0v) is 16.8. The minimum absolute atomic E-state index is 0.341. The molecule has 2 rings (SSSR count). The molecule has 11 heteroatoms. The van der Waals surface area contributed by atoms with Crippen LogP contribution < -0.4 is 16.8 Å². The smallest absolute Gasteiger partial charge is 0.246 e. The molecule has 0 spiro atoms. The molecule has 4 amide bonds. The van der Waals surface area contributed by atoms with Crippen molar-refractivity contribution in [3.63, 3.8) is 0 Å². The Morgan fingerprint density at radius 1 is 1.03 bits per heavy atom. The maximum atomic E-state index is 13.1. The first-order valence-electron chi connectivity index (χ1n) is 9.88. The second kappa shape index (κ2) is 9.51. The molecule has 2 aliphatic rings. The van der Waals surface area contributed by atoms with Gasteiger partial charge in [-0.2, -0.15) is 0 Å². The molecule has 2 saturated heterocycles. The summed E-state index contributed by atoms with van der Waals surface area (Å²) in [5.41, 5.74) is 11.0. The molecule has 7 N–H and O–H groups in total. The number of likely N-dealkylation sites (tertiary alicyclic amines) is 2. The molecular formula is C18H31N5O6. The van der Waals surface area contributed by atoms with Gasteiger partial charge in [-0.25, -0.2) is 0 Å². The van der Waals surface area contributed by atoms with E-state index in [1.165, 1.54) is 23.6 Å². The maximum Gasteiger partial charge on any atom is 0.246 e. The van der Waals surface area contributed by atoms with Gasteiger partial charge in [-0.05, 0) is 39.5 Å². The van der Waals surface area contributed by atoms with E-state index in [9.17, 15) is 29.4 Å². The van der Waals surface area contributed by atoms with Crippen LogP contribution in [0.5, 0.6) is 0 Å². The first kappa shape index (κ1) is 23.0. The Hall–Kier alpha value is -2.24. The predicted molar refractivity (Wildman–Crippen MR) is 102 cm³/mol. The molecule has 2 heterocycles. The molecule has 2 fully saturated rings. The molecule has 6 atom stereocenters. The summed E-state index contributed by atoms with van der Waals surface area (Å²) >= 11 is 0. The lowest BCUT2D eigenvalue weighted by Crippen LogP contribution is -2.58. The Bertz CT molecular complexity index is 655. The second-order valence-corrected chi connectivity index (χ2v) is 7.77. The van der Waals surface area contributed by atoms with E-state index >= 15 is 0 Å². The third-order valence-corrected chi connectivity index (χ3v) is 5.55. The van der Waals surface area contributed by atoms with Crippen molar-refractivity contribution in [3.05, 3.63) is 0 Å². The average Bonchev–Trinajstić information content (AvgIpc) is 3.32. The number of aliphatic hydroxyl groups excluding tert-OH is 2. The summed E-state index contributed by atoms with van der Waals surface area (Å²) in [6, 6.07) is -3.94. The van der Waals surface area contributed by atoms with Gasteiger partial charge in [-0.15, -0.1) is 0 Å². The molecule has 0 aromatic carbocycles. The quantitative estimate of drug-likeness (QED) is 0.275. The molecular weight excluding hydrogens is 384 g/mol. The van der Waals surface area contributed by atoms with Crippen molar-refractivity contribution in [2.45, 2.75) is 75.9 Å². The van der Waals surface area contributed by atoms with Crippen LogP contribution in [0.2, 0.25) is 0 Å². The molecule has 0 radical (unpaired) electrons. The first-order valence-corrected chi connectivity index (χ1v) is 9.88. The van der Waals surface area contributed by atoms with Crippen molar-refractivity contribution in [3.8, 4) is 0 Å². The Morgan fingerprint density at radius 2 is 1.59 bits per heavy atom. The zero-order valence-electron chi connectivity index (χ0n) is 16.8. The summed E-state index contributed by atoms with van der Waals surface area (Å²) in [5.74, 6) is -2.31.